The molecule has 0 N–H and O–H groups in total. The van der Waals surface area contributed by atoms with Crippen molar-refractivity contribution in [2.24, 2.45) is 0 Å². The van der Waals surface area contributed by atoms with Gasteiger partial charge < -0.3 is 4.74 Å². The number of nitro benzene ring substituents is 1. The molecule has 2 rings (SSSR count). The molecule has 1 unspecified atom stereocenters. The van der Waals surface area contributed by atoms with Crippen molar-refractivity contribution in [2.75, 3.05) is 5.75 Å². The van der Waals surface area contributed by atoms with Gasteiger partial charge in [-0.05, 0) is 42.7 Å². The van der Waals surface area contributed by atoms with Crippen LogP contribution in [0.1, 0.15) is 30.9 Å². The van der Waals surface area contributed by atoms with E-state index < -0.39 is 49.8 Å². The van der Waals surface area contributed by atoms with Gasteiger partial charge in [-0.1, -0.05) is 25.5 Å². The first-order valence-electron chi connectivity index (χ1n) is 8.65. The summed E-state index contributed by atoms with van der Waals surface area (Å²) in [6.07, 6.45) is -1.85. The number of rotatable bonds is 8. The monoisotopic (exact) mass is 429 g/mol. The zero-order valence-electron chi connectivity index (χ0n) is 15.4. The molecule has 0 aliphatic heterocycles. The maximum atomic E-state index is 12.7. The molecule has 0 amide bonds. The number of carbonyl (C=O) groups excluding carboxylic acids is 1. The lowest BCUT2D eigenvalue weighted by atomic mass is 10.1. The van der Waals surface area contributed by atoms with Crippen molar-refractivity contribution in [1.82, 2.24) is 0 Å². The van der Waals surface area contributed by atoms with Crippen molar-refractivity contribution in [3.8, 4) is 5.75 Å². The molecule has 0 spiro atoms. The average Bonchev–Trinajstić information content (AvgIpc) is 2.66. The van der Waals surface area contributed by atoms with Crippen molar-refractivity contribution in [3.63, 3.8) is 0 Å². The van der Waals surface area contributed by atoms with Crippen LogP contribution in [0.15, 0.2) is 47.4 Å². The molecule has 0 fully saturated rings. The number of halogens is 3. The lowest BCUT2D eigenvalue weighted by Crippen LogP contribution is -2.18. The average molecular weight is 429 g/mol. The summed E-state index contributed by atoms with van der Waals surface area (Å²) < 4.78 is 55.6. The zero-order chi connectivity index (χ0) is 21.6. The highest BCUT2D eigenvalue weighted by molar-refractivity contribution is 7.85. The Morgan fingerprint density at radius 2 is 1.83 bits per heavy atom. The number of hydrogen-bond donors (Lipinski definition) is 0. The van der Waals surface area contributed by atoms with E-state index in [0.717, 1.165) is 30.9 Å². The molecule has 0 aromatic heterocycles. The molecular formula is C19H18F3NO5S. The van der Waals surface area contributed by atoms with E-state index in [2.05, 4.69) is 6.92 Å². The van der Waals surface area contributed by atoms with Crippen LogP contribution in [0.4, 0.5) is 18.9 Å². The minimum absolute atomic E-state index is 0.217. The standard InChI is InChI=1S/C19H18F3NO5S/c1-2-3-4-13-5-8-15(9-6-13)28-18(24)12-29(27)17-10-7-14(19(20,21)22)11-16(17)23(25)26/h5-11H,2-4,12H2,1H3. The minimum atomic E-state index is -4.78. The van der Waals surface area contributed by atoms with Gasteiger partial charge in [-0.25, -0.2) is 0 Å². The number of carbonyl (C=O) groups is 1. The van der Waals surface area contributed by atoms with Crippen LogP contribution in [-0.4, -0.2) is 20.9 Å². The van der Waals surface area contributed by atoms with Gasteiger partial charge in [0.2, 0.25) is 0 Å². The molecule has 1 atom stereocenters. The molecule has 0 aliphatic rings. The third-order valence-electron chi connectivity index (χ3n) is 3.95. The van der Waals surface area contributed by atoms with Gasteiger partial charge in [-0.15, -0.1) is 0 Å². The first kappa shape index (κ1) is 22.5. The Kier molecular flexibility index (Phi) is 7.49. The number of esters is 1. The van der Waals surface area contributed by atoms with Crippen LogP contribution in [-0.2, 0) is 28.2 Å². The Morgan fingerprint density at radius 1 is 1.17 bits per heavy atom. The van der Waals surface area contributed by atoms with Gasteiger partial charge >= 0.3 is 12.1 Å². The lowest BCUT2D eigenvalue weighted by Gasteiger charge is -2.09. The van der Waals surface area contributed by atoms with Gasteiger partial charge in [0.25, 0.3) is 5.69 Å². The summed E-state index contributed by atoms with van der Waals surface area (Å²) in [5.74, 6) is -1.43. The maximum absolute atomic E-state index is 12.7. The van der Waals surface area contributed by atoms with Crippen molar-refractivity contribution in [2.45, 2.75) is 37.3 Å². The van der Waals surface area contributed by atoms with E-state index >= 15 is 0 Å². The number of benzene rings is 2. The van der Waals surface area contributed by atoms with Crippen LogP contribution in [0.25, 0.3) is 0 Å². The molecule has 2 aromatic rings. The number of unbranched alkanes of at least 4 members (excludes halogenated alkanes) is 1. The largest absolute Gasteiger partial charge is 0.426 e. The second-order valence-corrected chi connectivity index (χ2v) is 7.57. The Bertz CT molecular complexity index is 913. The fraction of sp³-hybridized carbons (Fsp3) is 0.316. The molecular weight excluding hydrogens is 411 g/mol. The highest BCUT2D eigenvalue weighted by Gasteiger charge is 2.34. The predicted octanol–water partition coefficient (Wildman–Crippen LogP) is 4.67. The number of nitrogens with zero attached hydrogens (tertiary/aromatic N) is 1. The summed E-state index contributed by atoms with van der Waals surface area (Å²) in [4.78, 5) is 21.5. The normalized spacial score (nSPS) is 12.4. The first-order chi connectivity index (χ1) is 13.6. The molecule has 0 saturated carbocycles. The van der Waals surface area contributed by atoms with E-state index in [1.807, 2.05) is 0 Å². The Labute approximate surface area is 167 Å². The smallest absolute Gasteiger partial charge is 0.416 e. The van der Waals surface area contributed by atoms with Gasteiger partial charge in [0, 0.05) is 6.07 Å². The number of ether oxygens (including phenoxy) is 1. The fourth-order valence-electron chi connectivity index (χ4n) is 2.48. The third kappa shape index (κ3) is 6.38. The molecule has 2 aromatic carbocycles. The SMILES string of the molecule is CCCCc1ccc(OC(=O)CS(=O)c2ccc(C(F)(F)F)cc2[N+](=O)[O-])cc1. The molecule has 0 heterocycles. The van der Waals surface area contributed by atoms with Crippen molar-refractivity contribution < 1.29 is 31.8 Å². The van der Waals surface area contributed by atoms with Crippen molar-refractivity contribution in [1.29, 1.82) is 0 Å². The summed E-state index contributed by atoms with van der Waals surface area (Å²) >= 11 is 0. The second-order valence-electron chi connectivity index (χ2n) is 6.15. The van der Waals surface area contributed by atoms with Crippen LogP contribution in [0.3, 0.4) is 0 Å². The van der Waals surface area contributed by atoms with Crippen LogP contribution >= 0.6 is 0 Å². The minimum Gasteiger partial charge on any atom is -0.426 e. The van der Waals surface area contributed by atoms with Crippen LogP contribution in [0.2, 0.25) is 0 Å². The molecule has 0 aliphatic carbocycles. The summed E-state index contributed by atoms with van der Waals surface area (Å²) in [5, 5.41) is 11.1. The molecule has 0 saturated heterocycles. The first-order valence-corrected chi connectivity index (χ1v) is 9.97. The molecule has 29 heavy (non-hydrogen) atoms. The van der Waals surface area contributed by atoms with Gasteiger partial charge in [0.15, 0.2) is 0 Å². The van der Waals surface area contributed by atoms with Crippen molar-refractivity contribution in [3.05, 3.63) is 63.7 Å². The second kappa shape index (κ2) is 9.64. The third-order valence-corrected chi connectivity index (χ3v) is 5.28. The van der Waals surface area contributed by atoms with Gasteiger partial charge in [0.05, 0.1) is 21.3 Å². The highest BCUT2D eigenvalue weighted by Crippen LogP contribution is 2.34. The van der Waals surface area contributed by atoms with E-state index in [-0.39, 0.29) is 5.75 Å². The summed E-state index contributed by atoms with van der Waals surface area (Å²) in [7, 11) is -2.25. The molecule has 0 radical (unpaired) electrons. The predicted molar refractivity (Wildman–Crippen MR) is 100 cm³/mol. The molecule has 10 heteroatoms. The van der Waals surface area contributed by atoms with E-state index in [1.54, 1.807) is 24.3 Å². The van der Waals surface area contributed by atoms with Crippen molar-refractivity contribution >= 4 is 22.5 Å². The summed E-state index contributed by atoms with van der Waals surface area (Å²) in [6, 6.07) is 8.35. The molecule has 0 bridgehead atoms. The number of hydrogen-bond acceptors (Lipinski definition) is 5. The number of nitro groups is 1. The summed E-state index contributed by atoms with van der Waals surface area (Å²) in [5.41, 5.74) is -1.14. The van der Waals surface area contributed by atoms with Gasteiger partial charge in [-0.3, -0.25) is 19.1 Å². The topological polar surface area (TPSA) is 86.5 Å². The Hall–Kier alpha value is -2.75. The Balaban J connectivity index is 2.09. The van der Waals surface area contributed by atoms with E-state index in [9.17, 15) is 32.3 Å². The van der Waals surface area contributed by atoms with Crippen LogP contribution in [0.5, 0.6) is 5.75 Å². The maximum Gasteiger partial charge on any atom is 0.416 e. The van der Waals surface area contributed by atoms with Crippen LogP contribution in [0, 0.1) is 10.1 Å². The fourth-order valence-corrected chi connectivity index (χ4v) is 3.49. The molecule has 156 valence electrons. The van der Waals surface area contributed by atoms with Gasteiger partial charge in [0.1, 0.15) is 16.4 Å². The van der Waals surface area contributed by atoms with E-state index in [1.165, 1.54) is 0 Å². The van der Waals surface area contributed by atoms with Crippen LogP contribution < -0.4 is 4.74 Å². The number of aryl methyl sites for hydroxylation is 1. The van der Waals surface area contributed by atoms with E-state index in [4.69, 9.17) is 4.74 Å². The Morgan fingerprint density at radius 3 is 2.38 bits per heavy atom. The van der Waals surface area contributed by atoms with Gasteiger partial charge in [-0.2, -0.15) is 13.2 Å². The number of alkyl halides is 3. The quantitative estimate of drug-likeness (QED) is 0.263. The summed E-state index contributed by atoms with van der Waals surface area (Å²) in [6.45, 7) is 2.07. The zero-order valence-corrected chi connectivity index (χ0v) is 16.2. The van der Waals surface area contributed by atoms with E-state index in [0.29, 0.717) is 12.1 Å². The lowest BCUT2D eigenvalue weighted by molar-refractivity contribution is -0.388. The highest BCUT2D eigenvalue weighted by atomic mass is 32.2. The molecule has 6 nitrogen and oxygen atoms in total.